The minimum Gasteiger partial charge on any atom is -0.507 e. The van der Waals surface area contributed by atoms with Crippen molar-refractivity contribution in [2.75, 3.05) is 18.0 Å². The van der Waals surface area contributed by atoms with Crippen LogP contribution in [-0.2, 0) is 10.9 Å². The summed E-state index contributed by atoms with van der Waals surface area (Å²) in [7, 11) is 0. The number of amides is 1. The minimum absolute atomic E-state index is 0.114. The van der Waals surface area contributed by atoms with Crippen molar-refractivity contribution in [1.29, 1.82) is 0 Å². The van der Waals surface area contributed by atoms with Crippen LogP contribution in [0.1, 0.15) is 38.4 Å². The van der Waals surface area contributed by atoms with Crippen LogP contribution in [0.3, 0.4) is 0 Å². The maximum absolute atomic E-state index is 12.8. The predicted molar refractivity (Wildman–Crippen MR) is 107 cm³/mol. The molecule has 168 valence electrons. The second-order valence-corrected chi connectivity index (χ2v) is 8.35. The van der Waals surface area contributed by atoms with Gasteiger partial charge in [-0.3, -0.25) is 0 Å². The van der Waals surface area contributed by atoms with Crippen LogP contribution in [0.15, 0.2) is 18.2 Å². The molecule has 1 atom stereocenters. The Hall–Kier alpha value is -3.11. The van der Waals surface area contributed by atoms with Gasteiger partial charge in [0.25, 0.3) is 0 Å². The van der Waals surface area contributed by atoms with E-state index in [2.05, 4.69) is 20.5 Å². The number of hydrogen-bond donors (Lipinski definition) is 2. The third kappa shape index (κ3) is 5.53. The first-order valence-corrected chi connectivity index (χ1v) is 9.70. The molecule has 8 nitrogen and oxygen atoms in total. The van der Waals surface area contributed by atoms with Crippen molar-refractivity contribution in [2.45, 2.75) is 51.9 Å². The van der Waals surface area contributed by atoms with E-state index in [0.29, 0.717) is 37.2 Å². The lowest BCUT2D eigenvalue weighted by atomic mass is 10.1. The highest BCUT2D eigenvalue weighted by molar-refractivity contribution is 5.69. The van der Waals surface area contributed by atoms with Crippen molar-refractivity contribution in [3.63, 3.8) is 0 Å². The summed E-state index contributed by atoms with van der Waals surface area (Å²) in [5.41, 5.74) is -0.833. The highest BCUT2D eigenvalue weighted by Crippen LogP contribution is 2.36. The van der Waals surface area contributed by atoms with Crippen LogP contribution < -0.4 is 10.2 Å². The van der Waals surface area contributed by atoms with Crippen molar-refractivity contribution >= 4 is 12.0 Å². The average molecular weight is 439 g/mol. The third-order valence-electron chi connectivity index (χ3n) is 4.62. The zero-order valence-electron chi connectivity index (χ0n) is 17.6. The number of carbonyl (C=O) groups excluding carboxylic acids is 1. The lowest BCUT2D eigenvalue weighted by molar-refractivity contribution is -0.137. The van der Waals surface area contributed by atoms with E-state index >= 15 is 0 Å². The number of alkyl halides is 3. The van der Waals surface area contributed by atoms with Gasteiger partial charge >= 0.3 is 12.3 Å². The lowest BCUT2D eigenvalue weighted by Crippen LogP contribution is -2.40. The van der Waals surface area contributed by atoms with Gasteiger partial charge in [-0.05, 0) is 52.3 Å². The summed E-state index contributed by atoms with van der Waals surface area (Å²) >= 11 is 0. The summed E-state index contributed by atoms with van der Waals surface area (Å²) in [6.07, 6.45) is -4.38. The Kier molecular flexibility index (Phi) is 5.97. The number of halogens is 3. The number of nitrogens with one attached hydrogen (secondary N) is 1. The molecule has 31 heavy (non-hydrogen) atoms. The molecule has 0 saturated carbocycles. The Morgan fingerprint density at radius 3 is 2.55 bits per heavy atom. The molecule has 1 amide bonds. The Labute approximate surface area is 177 Å². The number of phenolic OH excluding ortho intramolecular Hbond substituents is 1. The fourth-order valence-electron chi connectivity index (χ4n) is 3.22. The van der Waals surface area contributed by atoms with Gasteiger partial charge in [0.1, 0.15) is 17.0 Å². The molecule has 1 saturated heterocycles. The second-order valence-electron chi connectivity index (χ2n) is 8.35. The zero-order valence-corrected chi connectivity index (χ0v) is 17.6. The summed E-state index contributed by atoms with van der Waals surface area (Å²) in [5, 5.41) is 21.0. The van der Waals surface area contributed by atoms with Gasteiger partial charge in [0.15, 0.2) is 0 Å². The molecule has 1 aromatic heterocycles. The molecule has 1 aliphatic heterocycles. The number of aromatic hydroxyl groups is 1. The first kappa shape index (κ1) is 22.6. The molecular formula is C20H24F3N5O3. The molecule has 1 aliphatic rings. The molecule has 1 aromatic carbocycles. The summed E-state index contributed by atoms with van der Waals surface area (Å²) in [6, 6.07) is 2.53. The molecule has 0 unspecified atom stereocenters. The van der Waals surface area contributed by atoms with Crippen LogP contribution in [0, 0.1) is 6.92 Å². The highest BCUT2D eigenvalue weighted by Gasteiger charge is 2.32. The van der Waals surface area contributed by atoms with Crippen molar-refractivity contribution < 1.29 is 27.8 Å². The number of ether oxygens (including phenoxy) is 1. The van der Waals surface area contributed by atoms with Crippen molar-refractivity contribution in [2.24, 2.45) is 0 Å². The fourth-order valence-corrected chi connectivity index (χ4v) is 3.22. The van der Waals surface area contributed by atoms with Crippen LogP contribution in [0.25, 0.3) is 11.3 Å². The van der Waals surface area contributed by atoms with Crippen LogP contribution in [0.4, 0.5) is 23.9 Å². The number of carbonyl (C=O) groups is 1. The lowest BCUT2D eigenvalue weighted by Gasteiger charge is -2.22. The van der Waals surface area contributed by atoms with Gasteiger partial charge in [0, 0.05) is 18.7 Å². The number of anilines is 1. The second kappa shape index (κ2) is 8.20. The molecular weight excluding hydrogens is 415 g/mol. The van der Waals surface area contributed by atoms with Gasteiger partial charge in [-0.2, -0.15) is 13.2 Å². The Bertz CT molecular complexity index is 976. The summed E-state index contributed by atoms with van der Waals surface area (Å²) in [4.78, 5) is 18.2. The van der Waals surface area contributed by atoms with E-state index < -0.39 is 29.2 Å². The molecule has 0 radical (unpaired) electrons. The van der Waals surface area contributed by atoms with Gasteiger partial charge < -0.3 is 20.1 Å². The Morgan fingerprint density at radius 1 is 1.26 bits per heavy atom. The summed E-state index contributed by atoms with van der Waals surface area (Å²) in [5.74, 6) is -0.217. The molecule has 3 rings (SSSR count). The monoisotopic (exact) mass is 439 g/mol. The Morgan fingerprint density at radius 2 is 1.97 bits per heavy atom. The van der Waals surface area contributed by atoms with E-state index in [0.717, 1.165) is 12.1 Å². The fraction of sp³-hybridized carbons (Fsp3) is 0.500. The summed E-state index contributed by atoms with van der Waals surface area (Å²) < 4.78 is 43.7. The highest BCUT2D eigenvalue weighted by atomic mass is 19.4. The summed E-state index contributed by atoms with van der Waals surface area (Å²) in [6.45, 7) is 8.04. The maximum atomic E-state index is 12.8. The number of rotatable bonds is 3. The number of hydrogen-bond acceptors (Lipinski definition) is 7. The topological polar surface area (TPSA) is 100 Å². The largest absolute Gasteiger partial charge is 0.507 e. The van der Waals surface area contributed by atoms with E-state index in [9.17, 15) is 23.1 Å². The first-order chi connectivity index (χ1) is 14.3. The number of aryl methyl sites for hydroxylation is 1. The minimum atomic E-state index is -4.56. The molecule has 1 fully saturated rings. The van der Waals surface area contributed by atoms with E-state index in [1.54, 1.807) is 27.7 Å². The zero-order chi connectivity index (χ0) is 23.0. The Balaban J connectivity index is 1.71. The van der Waals surface area contributed by atoms with E-state index in [1.165, 1.54) is 0 Å². The van der Waals surface area contributed by atoms with E-state index in [4.69, 9.17) is 4.74 Å². The first-order valence-electron chi connectivity index (χ1n) is 9.70. The number of benzene rings is 1. The van der Waals surface area contributed by atoms with Crippen molar-refractivity contribution in [1.82, 2.24) is 20.5 Å². The quantitative estimate of drug-likeness (QED) is 0.753. The van der Waals surface area contributed by atoms with Crippen molar-refractivity contribution in [3.8, 4) is 17.0 Å². The standard InChI is InChI=1S/C20H24F3N5O3/c1-11-16(14-6-5-12(9-15(14)29)20(21,22)23)26-27-17(24-11)28-8-7-13(10-28)25-18(30)31-19(2,3)4/h5-6,9,13,29H,7-8,10H2,1-4H3,(H,25,30)/t13-/m1/s1. The molecule has 0 aliphatic carbocycles. The van der Waals surface area contributed by atoms with E-state index in [1.807, 2.05) is 4.90 Å². The van der Waals surface area contributed by atoms with Gasteiger partial charge in [0.05, 0.1) is 17.3 Å². The molecule has 0 spiro atoms. The average Bonchev–Trinajstić information content (AvgIpc) is 3.08. The third-order valence-corrected chi connectivity index (χ3v) is 4.62. The maximum Gasteiger partial charge on any atom is 0.416 e. The van der Waals surface area contributed by atoms with E-state index in [-0.39, 0.29) is 17.3 Å². The van der Waals surface area contributed by atoms with Crippen LogP contribution in [0.2, 0.25) is 0 Å². The number of phenols is 1. The molecule has 2 heterocycles. The van der Waals surface area contributed by atoms with Crippen LogP contribution >= 0.6 is 0 Å². The number of aromatic nitrogens is 3. The smallest absolute Gasteiger partial charge is 0.416 e. The molecule has 0 bridgehead atoms. The molecule has 2 aromatic rings. The predicted octanol–water partition coefficient (Wildman–Crippen LogP) is 3.67. The number of nitrogens with zero attached hydrogens (tertiary/aromatic N) is 4. The number of alkyl carbamates (subject to hydrolysis) is 1. The van der Waals surface area contributed by atoms with Crippen LogP contribution in [-0.4, -0.2) is 51.1 Å². The van der Waals surface area contributed by atoms with Crippen molar-refractivity contribution in [3.05, 3.63) is 29.5 Å². The molecule has 2 N–H and O–H groups in total. The normalized spacial score (nSPS) is 17.0. The van der Waals surface area contributed by atoms with Crippen LogP contribution in [0.5, 0.6) is 5.75 Å². The van der Waals surface area contributed by atoms with Gasteiger partial charge in [-0.1, -0.05) is 0 Å². The van der Waals surface area contributed by atoms with Gasteiger partial charge in [0.2, 0.25) is 5.95 Å². The SMILES string of the molecule is Cc1nc(N2CC[C@@H](NC(=O)OC(C)(C)C)C2)nnc1-c1ccc(C(F)(F)F)cc1O. The molecule has 11 heteroatoms. The van der Waals surface area contributed by atoms with Gasteiger partial charge in [-0.15, -0.1) is 10.2 Å². The van der Waals surface area contributed by atoms with Gasteiger partial charge in [-0.25, -0.2) is 9.78 Å².